The lowest BCUT2D eigenvalue weighted by atomic mass is 10.3. The molecule has 0 aliphatic carbocycles. The number of hydrogen-bond donors (Lipinski definition) is 0. The van der Waals surface area contributed by atoms with Crippen LogP contribution in [-0.4, -0.2) is 0 Å². The zero-order valence-corrected chi connectivity index (χ0v) is 6.29. The second kappa shape index (κ2) is 8.28. The van der Waals surface area contributed by atoms with Gasteiger partial charge in [-0.1, -0.05) is 28.2 Å². The molecule has 0 radical (unpaired) electrons. The van der Waals surface area contributed by atoms with Crippen LogP contribution in [0.5, 0.6) is 0 Å². The van der Waals surface area contributed by atoms with Crippen LogP contribution >= 0.6 is 0 Å². The first kappa shape index (κ1) is 12.0. The van der Waals surface area contributed by atoms with Crippen molar-refractivity contribution >= 4 is 0 Å². The fraction of sp³-hybridized carbons (Fsp3) is 0.556. The average Bonchev–Trinajstić information content (AvgIpc) is 2.11. The van der Waals surface area contributed by atoms with Gasteiger partial charge < -0.3 is 4.42 Å². The molecule has 10 heavy (non-hydrogen) atoms. The molecule has 60 valence electrons. The maximum absolute atomic E-state index is 4.58. The van der Waals surface area contributed by atoms with E-state index in [0.29, 0.717) is 0 Å². The van der Waals surface area contributed by atoms with Crippen molar-refractivity contribution in [2.24, 2.45) is 5.92 Å². The van der Waals surface area contributed by atoms with E-state index in [-0.39, 0.29) is 7.43 Å². The maximum atomic E-state index is 4.58. The van der Waals surface area contributed by atoms with E-state index in [1.807, 2.05) is 12.1 Å². The van der Waals surface area contributed by atoms with Crippen LogP contribution in [0.15, 0.2) is 29.1 Å². The lowest BCUT2D eigenvalue weighted by molar-refractivity contribution is 0.567. The molecule has 0 fully saturated rings. The molecule has 0 unspecified atom stereocenters. The van der Waals surface area contributed by atoms with Crippen molar-refractivity contribution in [3.63, 3.8) is 0 Å². The van der Waals surface area contributed by atoms with Gasteiger partial charge in [0.15, 0.2) is 0 Å². The Kier molecular flexibility index (Phi) is 9.94. The highest BCUT2D eigenvalue weighted by Gasteiger charge is 1.68. The maximum Gasteiger partial charge on any atom is 0.0902 e. The van der Waals surface area contributed by atoms with Crippen LogP contribution in [0.2, 0.25) is 0 Å². The Morgan fingerprint density at radius 2 is 1.30 bits per heavy atom. The molecule has 1 heterocycles. The molecular formula is C9H18O. The molecule has 1 rings (SSSR count). The first-order valence-electron chi connectivity index (χ1n) is 3.20. The minimum Gasteiger partial charge on any atom is -0.473 e. The highest BCUT2D eigenvalue weighted by Crippen LogP contribution is 1.81. The monoisotopic (exact) mass is 142 g/mol. The SMILES string of the molecule is C.CC(C)C.c1ccoc1. The molecule has 0 saturated heterocycles. The molecule has 0 N–H and O–H groups in total. The summed E-state index contributed by atoms with van der Waals surface area (Å²) in [6.07, 6.45) is 3.25. The van der Waals surface area contributed by atoms with Crippen LogP contribution < -0.4 is 0 Å². The predicted molar refractivity (Wildman–Crippen MR) is 46.0 cm³/mol. The van der Waals surface area contributed by atoms with Crippen molar-refractivity contribution in [3.05, 3.63) is 24.7 Å². The summed E-state index contributed by atoms with van der Waals surface area (Å²) in [5.41, 5.74) is 0. The van der Waals surface area contributed by atoms with E-state index in [1.165, 1.54) is 0 Å². The molecule has 0 aliphatic heterocycles. The molecule has 0 spiro atoms. The third kappa shape index (κ3) is 15.7. The fourth-order valence-electron chi connectivity index (χ4n) is 0.227. The zero-order chi connectivity index (χ0) is 7.11. The zero-order valence-electron chi connectivity index (χ0n) is 6.29. The van der Waals surface area contributed by atoms with E-state index in [1.54, 1.807) is 12.5 Å². The van der Waals surface area contributed by atoms with Crippen molar-refractivity contribution < 1.29 is 4.42 Å². The smallest absolute Gasteiger partial charge is 0.0902 e. The van der Waals surface area contributed by atoms with Crippen molar-refractivity contribution in [1.82, 2.24) is 0 Å². The average molecular weight is 142 g/mol. The molecule has 0 atom stereocenters. The predicted octanol–water partition coefficient (Wildman–Crippen LogP) is 3.58. The van der Waals surface area contributed by atoms with Crippen LogP contribution in [0.1, 0.15) is 28.2 Å². The molecule has 1 aromatic rings. The van der Waals surface area contributed by atoms with Crippen LogP contribution in [0.3, 0.4) is 0 Å². The van der Waals surface area contributed by atoms with Gasteiger partial charge in [-0.05, 0) is 18.1 Å². The molecule has 1 heteroatoms. The molecule has 0 aliphatic rings. The topological polar surface area (TPSA) is 13.1 Å². The fourth-order valence-corrected chi connectivity index (χ4v) is 0.227. The highest BCUT2D eigenvalue weighted by atomic mass is 16.3. The summed E-state index contributed by atoms with van der Waals surface area (Å²) in [6.45, 7) is 6.50. The number of hydrogen-bond acceptors (Lipinski definition) is 1. The Hall–Kier alpha value is -0.720. The van der Waals surface area contributed by atoms with Crippen LogP contribution in [0.25, 0.3) is 0 Å². The molecular weight excluding hydrogens is 124 g/mol. The largest absolute Gasteiger partial charge is 0.473 e. The lowest BCUT2D eigenvalue weighted by Crippen LogP contribution is -1.66. The Morgan fingerprint density at radius 1 is 1.00 bits per heavy atom. The summed E-state index contributed by atoms with van der Waals surface area (Å²) >= 11 is 0. The summed E-state index contributed by atoms with van der Waals surface area (Å²) < 4.78 is 4.58. The van der Waals surface area contributed by atoms with Crippen LogP contribution in [-0.2, 0) is 0 Å². The van der Waals surface area contributed by atoms with Crippen LogP contribution in [0, 0.1) is 5.92 Å². The van der Waals surface area contributed by atoms with E-state index in [9.17, 15) is 0 Å². The van der Waals surface area contributed by atoms with Gasteiger partial charge in [-0.25, -0.2) is 0 Å². The van der Waals surface area contributed by atoms with Gasteiger partial charge in [0, 0.05) is 0 Å². The van der Waals surface area contributed by atoms with Gasteiger partial charge in [0.05, 0.1) is 12.5 Å². The van der Waals surface area contributed by atoms with E-state index < -0.39 is 0 Å². The summed E-state index contributed by atoms with van der Waals surface area (Å²) in [6, 6.07) is 3.67. The third-order valence-corrected chi connectivity index (χ3v) is 0.425. The number of rotatable bonds is 0. The van der Waals surface area contributed by atoms with Gasteiger partial charge in [-0.2, -0.15) is 0 Å². The summed E-state index contributed by atoms with van der Waals surface area (Å²) in [4.78, 5) is 0. The number of furan rings is 1. The first-order valence-corrected chi connectivity index (χ1v) is 3.20. The summed E-state index contributed by atoms with van der Waals surface area (Å²) in [5.74, 6) is 0.833. The van der Waals surface area contributed by atoms with E-state index >= 15 is 0 Å². The molecule has 0 saturated carbocycles. The molecule has 1 aromatic heterocycles. The molecule has 0 bridgehead atoms. The minimum absolute atomic E-state index is 0. The van der Waals surface area contributed by atoms with Crippen molar-refractivity contribution in [2.75, 3.05) is 0 Å². The second-order valence-corrected chi connectivity index (χ2v) is 2.53. The minimum atomic E-state index is 0. The van der Waals surface area contributed by atoms with Gasteiger partial charge in [0.1, 0.15) is 0 Å². The van der Waals surface area contributed by atoms with E-state index in [2.05, 4.69) is 25.2 Å². The summed E-state index contributed by atoms with van der Waals surface area (Å²) in [5, 5.41) is 0. The Labute approximate surface area is 64.1 Å². The van der Waals surface area contributed by atoms with E-state index in [4.69, 9.17) is 0 Å². The van der Waals surface area contributed by atoms with Gasteiger partial charge in [0.2, 0.25) is 0 Å². The van der Waals surface area contributed by atoms with Gasteiger partial charge in [-0.3, -0.25) is 0 Å². The highest BCUT2D eigenvalue weighted by molar-refractivity contribution is 4.79. The second-order valence-electron chi connectivity index (χ2n) is 2.53. The Balaban J connectivity index is 0. The first-order chi connectivity index (χ1) is 4.23. The van der Waals surface area contributed by atoms with E-state index in [0.717, 1.165) is 5.92 Å². The Morgan fingerprint density at radius 3 is 1.40 bits per heavy atom. The van der Waals surface area contributed by atoms with Crippen molar-refractivity contribution in [2.45, 2.75) is 28.2 Å². The molecule has 0 amide bonds. The third-order valence-electron chi connectivity index (χ3n) is 0.425. The van der Waals surface area contributed by atoms with Gasteiger partial charge in [-0.15, -0.1) is 0 Å². The van der Waals surface area contributed by atoms with Gasteiger partial charge in [0.25, 0.3) is 0 Å². The molecule has 1 nitrogen and oxygen atoms in total. The summed E-state index contributed by atoms with van der Waals surface area (Å²) in [7, 11) is 0. The normalized spacial score (nSPS) is 7.60. The Bertz CT molecular complexity index is 88.3. The van der Waals surface area contributed by atoms with Crippen molar-refractivity contribution in [1.29, 1.82) is 0 Å². The van der Waals surface area contributed by atoms with Gasteiger partial charge >= 0.3 is 0 Å². The van der Waals surface area contributed by atoms with Crippen molar-refractivity contribution in [3.8, 4) is 0 Å². The standard InChI is InChI=1S/C4H4O.C4H10.CH4/c1-2-4-5-3-1;1-4(2)3;/h1-4H;4H,1-3H3;1H4. The lowest BCUT2D eigenvalue weighted by Gasteiger charge is -1.79. The quantitative estimate of drug-likeness (QED) is 0.539. The molecule has 0 aromatic carbocycles. The van der Waals surface area contributed by atoms with Crippen LogP contribution in [0.4, 0.5) is 0 Å².